The summed E-state index contributed by atoms with van der Waals surface area (Å²) in [5, 5.41) is 0. The molecule has 0 N–H and O–H groups in total. The van der Waals surface area contributed by atoms with E-state index in [4.69, 9.17) is 14.2 Å². The smallest absolute Gasteiger partial charge is 0.254 e. The summed E-state index contributed by atoms with van der Waals surface area (Å²) in [5.74, 6) is 0.865. The first kappa shape index (κ1) is 25.3. The summed E-state index contributed by atoms with van der Waals surface area (Å²) in [4.78, 5) is 30.0. The molecule has 0 fully saturated rings. The monoisotopic (exact) mass is 445 g/mol. The Morgan fingerprint density at radius 2 is 1.69 bits per heavy atom. The number of rotatable bonds is 12. The Morgan fingerprint density at radius 3 is 2.19 bits per heavy atom. The van der Waals surface area contributed by atoms with Crippen molar-refractivity contribution >= 4 is 11.8 Å². The minimum absolute atomic E-state index is 0.0231. The average molecular weight is 446 g/mol. The fourth-order valence-corrected chi connectivity index (χ4v) is 3.39. The molecular formula is C24H35N3O5. The van der Waals surface area contributed by atoms with Crippen molar-refractivity contribution in [1.29, 1.82) is 0 Å². The van der Waals surface area contributed by atoms with Gasteiger partial charge < -0.3 is 28.6 Å². The minimum atomic E-state index is -0.241. The molecule has 0 aliphatic heterocycles. The standard InChI is InChI=1S/C24H35N3O5/c1-18(2)15-27(24(29)19-12-21(31-5)14-22(13-19)32-6)17-23(28)26(10-11-30-4)16-20-8-7-9-25(20)3/h7-9,12-14,18H,10-11,15-17H2,1-6H3. The van der Waals surface area contributed by atoms with Crippen LogP contribution in [0, 0.1) is 5.92 Å². The first-order chi connectivity index (χ1) is 15.3. The van der Waals surface area contributed by atoms with E-state index in [0.29, 0.717) is 43.3 Å². The summed E-state index contributed by atoms with van der Waals surface area (Å²) >= 11 is 0. The molecule has 0 radical (unpaired) electrons. The Kier molecular flexibility index (Phi) is 9.59. The lowest BCUT2D eigenvalue weighted by Gasteiger charge is -2.29. The number of ether oxygens (including phenoxy) is 3. The zero-order valence-electron chi connectivity index (χ0n) is 20.0. The van der Waals surface area contributed by atoms with Crippen molar-refractivity contribution in [2.75, 3.05) is 47.6 Å². The molecule has 2 amide bonds. The molecule has 0 atom stereocenters. The molecule has 176 valence electrons. The predicted molar refractivity (Wildman–Crippen MR) is 123 cm³/mol. The first-order valence-corrected chi connectivity index (χ1v) is 10.7. The number of nitrogens with zero attached hydrogens (tertiary/aromatic N) is 3. The van der Waals surface area contributed by atoms with Gasteiger partial charge in [0.05, 0.1) is 27.4 Å². The van der Waals surface area contributed by atoms with Crippen LogP contribution >= 0.6 is 0 Å². The predicted octanol–water partition coefficient (Wildman–Crippen LogP) is 2.82. The highest BCUT2D eigenvalue weighted by atomic mass is 16.5. The van der Waals surface area contributed by atoms with E-state index in [9.17, 15) is 9.59 Å². The van der Waals surface area contributed by atoms with Gasteiger partial charge in [0.1, 0.15) is 18.0 Å². The van der Waals surface area contributed by atoms with Crippen molar-refractivity contribution < 1.29 is 23.8 Å². The highest BCUT2D eigenvalue weighted by molar-refractivity contribution is 5.97. The second-order valence-electron chi connectivity index (χ2n) is 8.10. The second kappa shape index (κ2) is 12.1. The molecule has 1 aromatic heterocycles. The molecule has 0 saturated carbocycles. The topological polar surface area (TPSA) is 73.2 Å². The van der Waals surface area contributed by atoms with Crippen molar-refractivity contribution in [3.63, 3.8) is 0 Å². The second-order valence-corrected chi connectivity index (χ2v) is 8.10. The van der Waals surface area contributed by atoms with Crippen molar-refractivity contribution in [3.05, 3.63) is 47.8 Å². The van der Waals surface area contributed by atoms with E-state index >= 15 is 0 Å². The van der Waals surface area contributed by atoms with Crippen LogP contribution in [-0.2, 0) is 23.1 Å². The normalized spacial score (nSPS) is 10.8. The zero-order chi connectivity index (χ0) is 23.7. The van der Waals surface area contributed by atoms with Crippen LogP contribution in [0.5, 0.6) is 11.5 Å². The van der Waals surface area contributed by atoms with E-state index in [0.717, 1.165) is 5.69 Å². The molecule has 2 aromatic rings. The first-order valence-electron chi connectivity index (χ1n) is 10.7. The fraction of sp³-hybridized carbons (Fsp3) is 0.500. The number of hydrogen-bond acceptors (Lipinski definition) is 5. The van der Waals surface area contributed by atoms with Gasteiger partial charge in [-0.15, -0.1) is 0 Å². The van der Waals surface area contributed by atoms with Gasteiger partial charge in [0.25, 0.3) is 5.91 Å². The van der Waals surface area contributed by atoms with Gasteiger partial charge in [0.2, 0.25) is 5.91 Å². The Morgan fingerprint density at radius 1 is 1.03 bits per heavy atom. The van der Waals surface area contributed by atoms with E-state index in [1.807, 2.05) is 43.8 Å². The zero-order valence-corrected chi connectivity index (χ0v) is 20.0. The molecule has 1 heterocycles. The van der Waals surface area contributed by atoms with Gasteiger partial charge in [0, 0.05) is 50.8 Å². The van der Waals surface area contributed by atoms with Gasteiger partial charge in [-0.25, -0.2) is 0 Å². The van der Waals surface area contributed by atoms with Crippen LogP contribution in [0.3, 0.4) is 0 Å². The third kappa shape index (κ3) is 7.02. The summed E-state index contributed by atoms with van der Waals surface area (Å²) in [6, 6.07) is 8.96. The number of amides is 2. The molecule has 0 unspecified atom stereocenters. The Hall–Kier alpha value is -3.00. The SMILES string of the molecule is COCCN(Cc1cccn1C)C(=O)CN(CC(C)C)C(=O)c1cc(OC)cc(OC)c1. The van der Waals surface area contributed by atoms with Crippen LogP contribution in [0.15, 0.2) is 36.5 Å². The summed E-state index contributed by atoms with van der Waals surface area (Å²) in [6.07, 6.45) is 1.94. The molecular weight excluding hydrogens is 410 g/mol. The van der Waals surface area contributed by atoms with E-state index < -0.39 is 0 Å². The molecule has 0 saturated heterocycles. The van der Waals surface area contributed by atoms with E-state index in [1.54, 1.807) is 35.1 Å². The summed E-state index contributed by atoms with van der Waals surface area (Å²) in [7, 11) is 6.63. The highest BCUT2D eigenvalue weighted by Gasteiger charge is 2.24. The molecule has 8 nitrogen and oxygen atoms in total. The average Bonchev–Trinajstić information content (AvgIpc) is 3.18. The van der Waals surface area contributed by atoms with E-state index in [-0.39, 0.29) is 24.3 Å². The largest absolute Gasteiger partial charge is 0.497 e. The number of aryl methyl sites for hydroxylation is 1. The van der Waals surface area contributed by atoms with Gasteiger partial charge in [-0.1, -0.05) is 13.8 Å². The maximum Gasteiger partial charge on any atom is 0.254 e. The highest BCUT2D eigenvalue weighted by Crippen LogP contribution is 2.24. The van der Waals surface area contributed by atoms with Crippen LogP contribution in [0.25, 0.3) is 0 Å². The maximum atomic E-state index is 13.4. The summed E-state index contributed by atoms with van der Waals surface area (Å²) < 4.78 is 17.8. The lowest BCUT2D eigenvalue weighted by molar-refractivity contribution is -0.133. The molecule has 2 rings (SSSR count). The minimum Gasteiger partial charge on any atom is -0.497 e. The van der Waals surface area contributed by atoms with Crippen LogP contribution in [0.4, 0.5) is 0 Å². The number of methoxy groups -OCH3 is 3. The van der Waals surface area contributed by atoms with Crippen molar-refractivity contribution in [2.45, 2.75) is 20.4 Å². The molecule has 32 heavy (non-hydrogen) atoms. The van der Waals surface area contributed by atoms with E-state index in [2.05, 4.69) is 0 Å². The third-order valence-electron chi connectivity index (χ3n) is 5.12. The molecule has 8 heteroatoms. The Bertz CT molecular complexity index is 871. The molecule has 0 spiro atoms. The van der Waals surface area contributed by atoms with Gasteiger partial charge in [-0.05, 0) is 30.2 Å². The number of aromatic nitrogens is 1. The maximum absolute atomic E-state index is 13.4. The lowest BCUT2D eigenvalue weighted by Crippen LogP contribution is -2.45. The number of benzene rings is 1. The summed E-state index contributed by atoms with van der Waals surface area (Å²) in [6.45, 7) is 5.77. The number of hydrogen-bond donors (Lipinski definition) is 0. The molecule has 0 aliphatic rings. The van der Waals surface area contributed by atoms with Crippen LogP contribution in [-0.4, -0.2) is 73.8 Å². The van der Waals surface area contributed by atoms with Crippen molar-refractivity contribution in [2.24, 2.45) is 13.0 Å². The number of carbonyl (C=O) groups excluding carboxylic acids is 2. The molecule has 1 aromatic carbocycles. The number of carbonyl (C=O) groups is 2. The Labute approximate surface area is 190 Å². The Balaban J connectivity index is 2.26. The van der Waals surface area contributed by atoms with Crippen molar-refractivity contribution in [1.82, 2.24) is 14.4 Å². The van der Waals surface area contributed by atoms with Crippen molar-refractivity contribution in [3.8, 4) is 11.5 Å². The molecule has 0 aliphatic carbocycles. The van der Waals surface area contributed by atoms with Crippen LogP contribution < -0.4 is 9.47 Å². The van der Waals surface area contributed by atoms with Gasteiger partial charge in [-0.3, -0.25) is 9.59 Å². The van der Waals surface area contributed by atoms with Gasteiger partial charge >= 0.3 is 0 Å². The fourth-order valence-electron chi connectivity index (χ4n) is 3.39. The lowest BCUT2D eigenvalue weighted by atomic mass is 10.1. The van der Waals surface area contributed by atoms with Gasteiger partial charge in [-0.2, -0.15) is 0 Å². The third-order valence-corrected chi connectivity index (χ3v) is 5.12. The van der Waals surface area contributed by atoms with Crippen LogP contribution in [0.2, 0.25) is 0 Å². The van der Waals surface area contributed by atoms with Crippen LogP contribution in [0.1, 0.15) is 29.9 Å². The molecule has 0 bridgehead atoms. The summed E-state index contributed by atoms with van der Waals surface area (Å²) in [5.41, 5.74) is 1.43. The van der Waals surface area contributed by atoms with E-state index in [1.165, 1.54) is 14.2 Å². The van der Waals surface area contributed by atoms with Gasteiger partial charge in [0.15, 0.2) is 0 Å². The quantitative estimate of drug-likeness (QED) is 0.502.